The van der Waals surface area contributed by atoms with E-state index in [1.807, 2.05) is 0 Å². The topological polar surface area (TPSA) is 21.3 Å². The van der Waals surface area contributed by atoms with E-state index in [1.165, 1.54) is 0 Å². The van der Waals surface area contributed by atoms with Crippen molar-refractivity contribution in [3.05, 3.63) is 0 Å². The Morgan fingerprint density at radius 1 is 1.38 bits per heavy atom. The van der Waals surface area contributed by atoms with Crippen LogP contribution in [0.2, 0.25) is 0 Å². The molecule has 2 nitrogen and oxygen atoms in total. The van der Waals surface area contributed by atoms with Crippen LogP contribution in [0.1, 0.15) is 41.5 Å². The van der Waals surface area contributed by atoms with Crippen LogP contribution in [-0.4, -0.2) is 18.4 Å². The van der Waals surface area contributed by atoms with E-state index in [2.05, 4.69) is 46.9 Å². The Balaban J connectivity index is 2.65. The highest BCUT2D eigenvalue weighted by atomic mass is 16.5. The van der Waals surface area contributed by atoms with Crippen molar-refractivity contribution in [2.24, 2.45) is 11.3 Å². The lowest BCUT2D eigenvalue weighted by atomic mass is 9.75. The summed E-state index contributed by atoms with van der Waals surface area (Å²) in [7, 11) is 0. The molecule has 1 heterocycles. The van der Waals surface area contributed by atoms with Gasteiger partial charge in [-0.15, -0.1) is 0 Å². The maximum Gasteiger partial charge on any atom is 0.113 e. The Labute approximate surface area is 82.0 Å². The van der Waals surface area contributed by atoms with E-state index in [0.29, 0.717) is 17.4 Å². The summed E-state index contributed by atoms with van der Waals surface area (Å²) >= 11 is 0. The molecule has 78 valence electrons. The molecule has 2 heteroatoms. The predicted octanol–water partition coefficient (Wildman–Crippen LogP) is 2.39. The fraction of sp³-hybridized carbons (Fsp3) is 1.00. The maximum absolute atomic E-state index is 5.68. The summed E-state index contributed by atoms with van der Waals surface area (Å²) in [6.45, 7) is 14.2. The van der Waals surface area contributed by atoms with Gasteiger partial charge < -0.3 is 4.74 Å². The SMILES string of the molecule is CC(C)C(C)(C)C1COC(C)(C)N1. The molecule has 1 saturated heterocycles. The molecule has 0 aliphatic carbocycles. The highest BCUT2D eigenvalue weighted by molar-refractivity contribution is 4.93. The first-order valence-electron chi connectivity index (χ1n) is 5.17. The van der Waals surface area contributed by atoms with Gasteiger partial charge in [-0.3, -0.25) is 5.32 Å². The Hall–Kier alpha value is -0.0800. The zero-order valence-corrected chi connectivity index (χ0v) is 9.77. The molecule has 0 bridgehead atoms. The van der Waals surface area contributed by atoms with Crippen LogP contribution in [0.3, 0.4) is 0 Å². The Bertz CT molecular complexity index is 185. The lowest BCUT2D eigenvalue weighted by molar-refractivity contribution is 0.0225. The largest absolute Gasteiger partial charge is 0.360 e. The first-order chi connectivity index (χ1) is 5.76. The van der Waals surface area contributed by atoms with Crippen molar-refractivity contribution in [3.63, 3.8) is 0 Å². The Morgan fingerprint density at radius 3 is 2.23 bits per heavy atom. The molecule has 1 aliphatic rings. The molecule has 0 amide bonds. The van der Waals surface area contributed by atoms with Crippen molar-refractivity contribution in [1.29, 1.82) is 0 Å². The molecule has 0 aromatic heterocycles. The summed E-state index contributed by atoms with van der Waals surface area (Å²) in [6, 6.07) is 0.475. The van der Waals surface area contributed by atoms with Crippen LogP contribution in [0.25, 0.3) is 0 Å². The van der Waals surface area contributed by atoms with Crippen molar-refractivity contribution in [2.45, 2.75) is 53.3 Å². The number of hydrogen-bond donors (Lipinski definition) is 1. The van der Waals surface area contributed by atoms with E-state index >= 15 is 0 Å². The molecule has 1 fully saturated rings. The van der Waals surface area contributed by atoms with Crippen LogP contribution >= 0.6 is 0 Å². The highest BCUT2D eigenvalue weighted by Gasteiger charge is 2.41. The van der Waals surface area contributed by atoms with Gasteiger partial charge in [0, 0.05) is 6.04 Å². The second-order valence-corrected chi connectivity index (χ2v) is 5.49. The summed E-state index contributed by atoms with van der Waals surface area (Å²) in [4.78, 5) is 0. The van der Waals surface area contributed by atoms with E-state index in [9.17, 15) is 0 Å². The van der Waals surface area contributed by atoms with Gasteiger partial charge in [0.2, 0.25) is 0 Å². The molecule has 0 radical (unpaired) electrons. The van der Waals surface area contributed by atoms with E-state index in [4.69, 9.17) is 4.74 Å². The van der Waals surface area contributed by atoms with Crippen LogP contribution < -0.4 is 5.32 Å². The summed E-state index contributed by atoms with van der Waals surface area (Å²) < 4.78 is 5.68. The molecule has 13 heavy (non-hydrogen) atoms. The van der Waals surface area contributed by atoms with Gasteiger partial charge in [0.1, 0.15) is 5.72 Å². The van der Waals surface area contributed by atoms with Gasteiger partial charge in [-0.05, 0) is 25.2 Å². The molecular weight excluding hydrogens is 162 g/mol. The van der Waals surface area contributed by atoms with Crippen LogP contribution in [0.15, 0.2) is 0 Å². The van der Waals surface area contributed by atoms with E-state index in [-0.39, 0.29) is 5.72 Å². The quantitative estimate of drug-likeness (QED) is 0.713. The maximum atomic E-state index is 5.68. The van der Waals surface area contributed by atoms with Gasteiger partial charge in [-0.25, -0.2) is 0 Å². The molecule has 1 N–H and O–H groups in total. The van der Waals surface area contributed by atoms with Gasteiger partial charge in [0.05, 0.1) is 6.61 Å². The van der Waals surface area contributed by atoms with Crippen molar-refractivity contribution in [2.75, 3.05) is 6.61 Å². The third kappa shape index (κ3) is 2.23. The molecular formula is C11H23NO. The third-order valence-corrected chi connectivity index (χ3v) is 3.52. The second kappa shape index (κ2) is 3.25. The molecule has 1 atom stereocenters. The predicted molar refractivity (Wildman–Crippen MR) is 55.6 cm³/mol. The van der Waals surface area contributed by atoms with E-state index in [0.717, 1.165) is 6.61 Å². The Kier molecular flexibility index (Phi) is 2.75. The van der Waals surface area contributed by atoms with Gasteiger partial charge in [-0.1, -0.05) is 27.7 Å². The normalized spacial score (nSPS) is 28.4. The second-order valence-electron chi connectivity index (χ2n) is 5.49. The smallest absolute Gasteiger partial charge is 0.113 e. The number of hydrogen-bond acceptors (Lipinski definition) is 2. The molecule has 1 rings (SSSR count). The highest BCUT2D eigenvalue weighted by Crippen LogP contribution is 2.34. The molecule has 0 saturated carbocycles. The lowest BCUT2D eigenvalue weighted by Gasteiger charge is -2.35. The standard InChI is InChI=1S/C11H23NO/c1-8(2)10(3,4)9-7-13-11(5,6)12-9/h8-9,12H,7H2,1-6H3. The summed E-state index contributed by atoms with van der Waals surface area (Å²) in [5.74, 6) is 0.669. The van der Waals surface area contributed by atoms with Gasteiger partial charge >= 0.3 is 0 Å². The summed E-state index contributed by atoms with van der Waals surface area (Å²) in [6.07, 6.45) is 0. The number of rotatable bonds is 2. The van der Waals surface area contributed by atoms with Gasteiger partial charge in [0.25, 0.3) is 0 Å². The monoisotopic (exact) mass is 185 g/mol. The average molecular weight is 185 g/mol. The van der Waals surface area contributed by atoms with Crippen LogP contribution in [0.5, 0.6) is 0 Å². The molecule has 0 spiro atoms. The zero-order valence-electron chi connectivity index (χ0n) is 9.77. The van der Waals surface area contributed by atoms with Crippen LogP contribution in [0.4, 0.5) is 0 Å². The first-order valence-corrected chi connectivity index (χ1v) is 5.17. The van der Waals surface area contributed by atoms with Crippen molar-refractivity contribution >= 4 is 0 Å². The minimum atomic E-state index is -0.142. The van der Waals surface area contributed by atoms with E-state index < -0.39 is 0 Å². The van der Waals surface area contributed by atoms with Crippen molar-refractivity contribution in [3.8, 4) is 0 Å². The van der Waals surface area contributed by atoms with Gasteiger partial charge in [-0.2, -0.15) is 0 Å². The van der Waals surface area contributed by atoms with Crippen molar-refractivity contribution < 1.29 is 4.74 Å². The minimum absolute atomic E-state index is 0.142. The van der Waals surface area contributed by atoms with Gasteiger partial charge in [0.15, 0.2) is 0 Å². The molecule has 0 aromatic carbocycles. The number of ether oxygens (including phenoxy) is 1. The lowest BCUT2D eigenvalue weighted by Crippen LogP contribution is -2.47. The Morgan fingerprint density at radius 2 is 1.92 bits per heavy atom. The summed E-state index contributed by atoms with van der Waals surface area (Å²) in [5.41, 5.74) is 0.157. The summed E-state index contributed by atoms with van der Waals surface area (Å²) in [5, 5.41) is 3.53. The van der Waals surface area contributed by atoms with Crippen molar-refractivity contribution in [1.82, 2.24) is 5.32 Å². The molecule has 0 aromatic rings. The third-order valence-electron chi connectivity index (χ3n) is 3.52. The fourth-order valence-electron chi connectivity index (χ4n) is 1.60. The van der Waals surface area contributed by atoms with E-state index in [1.54, 1.807) is 0 Å². The zero-order chi connectivity index (χ0) is 10.3. The minimum Gasteiger partial charge on any atom is -0.360 e. The average Bonchev–Trinajstić information content (AvgIpc) is 2.30. The molecule has 1 aliphatic heterocycles. The van der Waals surface area contributed by atoms with Crippen LogP contribution in [0, 0.1) is 11.3 Å². The number of nitrogens with one attached hydrogen (secondary N) is 1. The molecule has 1 unspecified atom stereocenters. The fourth-order valence-corrected chi connectivity index (χ4v) is 1.60. The van der Waals surface area contributed by atoms with Crippen LogP contribution in [-0.2, 0) is 4.74 Å². The first kappa shape index (κ1) is 11.0.